The minimum Gasteiger partial charge on any atom is -0.416 e. The highest BCUT2D eigenvalue weighted by Gasteiger charge is 2.60. The molecule has 3 nitrogen and oxygen atoms in total. The standard InChI is InChI=1S/C33H58O3SSi/c1-30(2,3)38(8,9)36-22-28(37-20-12-17-31(4,5)35)29-27(34)21-26-24-15-14-23-13-10-11-18-32(23,6)25(24)16-19-33(26,29)7/h14-15,25-29,34-35H,10-13,16-22H2,1-9H3/t25-,26-,27+,28+,29+,32-,33-/m0/s1. The van der Waals surface area contributed by atoms with Crippen molar-refractivity contribution >= 4 is 20.1 Å². The first-order chi connectivity index (χ1) is 17.5. The summed E-state index contributed by atoms with van der Waals surface area (Å²) in [6.07, 6.45) is 15.2. The average Bonchev–Trinajstić information content (AvgIpc) is 3.07. The van der Waals surface area contributed by atoms with Gasteiger partial charge in [-0.2, -0.15) is 11.8 Å². The number of rotatable bonds is 9. The zero-order chi connectivity index (χ0) is 28.1. The van der Waals surface area contributed by atoms with Crippen LogP contribution < -0.4 is 0 Å². The van der Waals surface area contributed by atoms with Crippen molar-refractivity contribution in [3.63, 3.8) is 0 Å². The normalized spacial score (nSPS) is 36.6. The van der Waals surface area contributed by atoms with E-state index < -0.39 is 13.9 Å². The van der Waals surface area contributed by atoms with Crippen molar-refractivity contribution in [2.75, 3.05) is 12.4 Å². The van der Waals surface area contributed by atoms with Crippen LogP contribution in [0.5, 0.6) is 0 Å². The van der Waals surface area contributed by atoms with Crippen LogP contribution in [0, 0.1) is 28.6 Å². The van der Waals surface area contributed by atoms with Crippen LogP contribution in [0.25, 0.3) is 0 Å². The quantitative estimate of drug-likeness (QED) is 0.218. The number of hydrogen-bond acceptors (Lipinski definition) is 4. The van der Waals surface area contributed by atoms with Gasteiger partial charge in [0.15, 0.2) is 8.32 Å². The van der Waals surface area contributed by atoms with E-state index >= 15 is 0 Å². The van der Waals surface area contributed by atoms with Gasteiger partial charge in [-0.05, 0) is 112 Å². The summed E-state index contributed by atoms with van der Waals surface area (Å²) in [5.41, 5.74) is 3.18. The molecule has 0 spiro atoms. The van der Waals surface area contributed by atoms with Crippen LogP contribution in [0.1, 0.15) is 106 Å². The number of fused-ring (bicyclic) bond motifs is 5. The molecule has 3 fully saturated rings. The van der Waals surface area contributed by atoms with Crippen molar-refractivity contribution < 1.29 is 14.6 Å². The molecule has 5 heteroatoms. The molecule has 0 bridgehead atoms. The smallest absolute Gasteiger partial charge is 0.192 e. The lowest BCUT2D eigenvalue weighted by Crippen LogP contribution is -2.49. The largest absolute Gasteiger partial charge is 0.416 e. The minimum atomic E-state index is -1.90. The molecule has 0 aromatic heterocycles. The second-order valence-corrected chi connectivity index (χ2v) is 22.0. The van der Waals surface area contributed by atoms with Crippen molar-refractivity contribution in [3.05, 3.63) is 23.3 Å². The Morgan fingerprint density at radius 2 is 1.79 bits per heavy atom. The molecule has 4 rings (SSSR count). The summed E-state index contributed by atoms with van der Waals surface area (Å²) in [6.45, 7) is 21.3. The third kappa shape index (κ3) is 5.94. The molecule has 218 valence electrons. The molecule has 0 aliphatic heterocycles. The fourth-order valence-corrected chi connectivity index (χ4v) is 10.9. The van der Waals surface area contributed by atoms with Gasteiger partial charge >= 0.3 is 0 Å². The van der Waals surface area contributed by atoms with E-state index in [1.165, 1.54) is 38.5 Å². The monoisotopic (exact) mass is 562 g/mol. The summed E-state index contributed by atoms with van der Waals surface area (Å²) >= 11 is 2.01. The Bertz CT molecular complexity index is 912. The maximum absolute atomic E-state index is 11.8. The maximum atomic E-state index is 11.8. The van der Waals surface area contributed by atoms with Crippen LogP contribution in [0.4, 0.5) is 0 Å². The lowest BCUT2D eigenvalue weighted by atomic mass is 9.50. The molecule has 7 atom stereocenters. The number of hydrogen-bond donors (Lipinski definition) is 2. The van der Waals surface area contributed by atoms with Gasteiger partial charge in [0.2, 0.25) is 0 Å². The van der Waals surface area contributed by atoms with E-state index in [0.717, 1.165) is 31.6 Å². The van der Waals surface area contributed by atoms with Gasteiger partial charge in [-0.25, -0.2) is 0 Å². The van der Waals surface area contributed by atoms with Gasteiger partial charge in [-0.1, -0.05) is 64.3 Å². The molecule has 0 saturated heterocycles. The van der Waals surface area contributed by atoms with E-state index in [-0.39, 0.29) is 27.7 Å². The van der Waals surface area contributed by atoms with Crippen molar-refractivity contribution in [1.29, 1.82) is 0 Å². The first kappa shape index (κ1) is 30.9. The number of aliphatic hydroxyl groups excluding tert-OH is 1. The third-order valence-electron chi connectivity index (χ3n) is 11.7. The average molecular weight is 563 g/mol. The van der Waals surface area contributed by atoms with Gasteiger partial charge in [-0.3, -0.25) is 0 Å². The van der Waals surface area contributed by atoms with Crippen LogP contribution in [-0.2, 0) is 4.43 Å². The third-order valence-corrected chi connectivity index (χ3v) is 17.6. The molecule has 38 heavy (non-hydrogen) atoms. The van der Waals surface area contributed by atoms with Crippen molar-refractivity contribution in [2.24, 2.45) is 28.6 Å². The Kier molecular flexibility index (Phi) is 8.91. The van der Waals surface area contributed by atoms with Crippen LogP contribution in [0.3, 0.4) is 0 Å². The van der Waals surface area contributed by atoms with Gasteiger partial charge in [0, 0.05) is 17.8 Å². The maximum Gasteiger partial charge on any atom is 0.192 e. The highest BCUT2D eigenvalue weighted by Crippen LogP contribution is 2.66. The van der Waals surface area contributed by atoms with Gasteiger partial charge < -0.3 is 14.6 Å². The van der Waals surface area contributed by atoms with E-state index in [9.17, 15) is 10.2 Å². The summed E-state index contributed by atoms with van der Waals surface area (Å²) in [5.74, 6) is 2.39. The van der Waals surface area contributed by atoms with E-state index in [1.54, 1.807) is 11.1 Å². The second kappa shape index (κ2) is 11.0. The molecular formula is C33H58O3SSi. The van der Waals surface area contributed by atoms with E-state index in [4.69, 9.17) is 4.43 Å². The van der Waals surface area contributed by atoms with Gasteiger partial charge in [0.05, 0.1) is 11.7 Å². The van der Waals surface area contributed by atoms with Gasteiger partial charge in [0.25, 0.3) is 0 Å². The van der Waals surface area contributed by atoms with Crippen molar-refractivity contribution in [1.82, 2.24) is 0 Å². The molecule has 4 aliphatic carbocycles. The zero-order valence-corrected chi connectivity index (χ0v) is 27.8. The number of thioether (sulfide) groups is 1. The summed E-state index contributed by atoms with van der Waals surface area (Å²) in [5, 5.41) is 22.5. The molecule has 4 aliphatic rings. The van der Waals surface area contributed by atoms with Crippen LogP contribution in [-0.4, -0.2) is 47.8 Å². The van der Waals surface area contributed by atoms with Crippen LogP contribution in [0.15, 0.2) is 23.3 Å². The summed E-state index contributed by atoms with van der Waals surface area (Å²) < 4.78 is 6.87. The van der Waals surface area contributed by atoms with E-state index in [1.807, 2.05) is 25.6 Å². The minimum absolute atomic E-state index is 0.114. The summed E-state index contributed by atoms with van der Waals surface area (Å²) in [4.78, 5) is 0. The lowest BCUT2D eigenvalue weighted by molar-refractivity contribution is 0.0343. The molecule has 0 unspecified atom stereocenters. The molecule has 0 aromatic rings. The molecule has 0 heterocycles. The van der Waals surface area contributed by atoms with Crippen molar-refractivity contribution in [2.45, 2.75) is 141 Å². The number of aliphatic hydroxyl groups is 2. The molecule has 0 amide bonds. The summed E-state index contributed by atoms with van der Waals surface area (Å²) in [7, 11) is -1.90. The fourth-order valence-electron chi connectivity index (χ4n) is 8.27. The Morgan fingerprint density at radius 1 is 1.08 bits per heavy atom. The van der Waals surface area contributed by atoms with Crippen LogP contribution in [0.2, 0.25) is 18.1 Å². The summed E-state index contributed by atoms with van der Waals surface area (Å²) in [6, 6.07) is 0. The Morgan fingerprint density at radius 3 is 2.45 bits per heavy atom. The van der Waals surface area contributed by atoms with Gasteiger partial charge in [-0.15, -0.1) is 0 Å². The Labute approximate surface area is 239 Å². The molecule has 3 saturated carbocycles. The highest BCUT2D eigenvalue weighted by molar-refractivity contribution is 7.99. The predicted molar refractivity (Wildman–Crippen MR) is 166 cm³/mol. The molecule has 0 aromatic carbocycles. The molecular weight excluding hydrogens is 505 g/mol. The number of allylic oxidation sites excluding steroid dienone is 4. The second-order valence-electron chi connectivity index (χ2n) is 15.9. The zero-order valence-electron chi connectivity index (χ0n) is 26.0. The van der Waals surface area contributed by atoms with Crippen LogP contribution >= 0.6 is 11.8 Å². The first-order valence-electron chi connectivity index (χ1n) is 15.6. The van der Waals surface area contributed by atoms with E-state index in [0.29, 0.717) is 17.3 Å². The fraction of sp³-hybridized carbons (Fsp3) is 0.879. The van der Waals surface area contributed by atoms with E-state index in [2.05, 4.69) is 59.9 Å². The van der Waals surface area contributed by atoms with Gasteiger partial charge in [0.1, 0.15) is 0 Å². The van der Waals surface area contributed by atoms with Crippen molar-refractivity contribution in [3.8, 4) is 0 Å². The lowest BCUT2D eigenvalue weighted by Gasteiger charge is -2.54. The first-order valence-corrected chi connectivity index (χ1v) is 19.5. The Hall–Kier alpha value is -0.0731. The highest BCUT2D eigenvalue weighted by atomic mass is 32.2. The molecule has 2 N–H and O–H groups in total. The topological polar surface area (TPSA) is 49.7 Å². The predicted octanol–water partition coefficient (Wildman–Crippen LogP) is 8.52. The Balaban J connectivity index is 1.58. The molecule has 0 radical (unpaired) electrons. The SMILES string of the molecule is CC(C)(O)CCCS[C@H](CO[Si](C)(C)C(C)(C)C)[C@H]1[C@H](O)C[C@H]2C3=CC=C4CCCC[C@]4(C)[C@H]3CC[C@]12C.